The molecule has 0 spiro atoms. The number of nitrogens with one attached hydrogen (secondary N) is 1. The number of rotatable bonds is 5. The third kappa shape index (κ3) is 3.11. The summed E-state index contributed by atoms with van der Waals surface area (Å²) in [6.07, 6.45) is 4.88. The zero-order valence-electron chi connectivity index (χ0n) is 15.1. The number of benzene rings is 1. The monoisotopic (exact) mass is 352 g/mol. The fraction of sp³-hybridized carbons (Fsp3) is 0.450. The third-order valence-corrected chi connectivity index (χ3v) is 5.07. The summed E-state index contributed by atoms with van der Waals surface area (Å²) < 4.78 is 1.95. The fourth-order valence-electron chi connectivity index (χ4n) is 3.54. The molecule has 136 valence electrons. The minimum absolute atomic E-state index is 0.130. The van der Waals surface area contributed by atoms with Gasteiger partial charge in [0.2, 0.25) is 0 Å². The average Bonchev–Trinajstić information content (AvgIpc) is 3.40. The van der Waals surface area contributed by atoms with Crippen molar-refractivity contribution in [3.63, 3.8) is 0 Å². The summed E-state index contributed by atoms with van der Waals surface area (Å²) in [6, 6.07) is 9.88. The average molecular weight is 352 g/mol. The largest absolute Gasteiger partial charge is 0.347 e. The highest BCUT2D eigenvalue weighted by atomic mass is 16.2. The van der Waals surface area contributed by atoms with Crippen molar-refractivity contribution in [3.05, 3.63) is 47.5 Å². The predicted octanol–water partition coefficient (Wildman–Crippen LogP) is 2.78. The number of amides is 2. The quantitative estimate of drug-likeness (QED) is 0.900. The molecular weight excluding hydrogens is 328 g/mol. The smallest absolute Gasteiger partial charge is 0.287 e. The summed E-state index contributed by atoms with van der Waals surface area (Å²) in [5.41, 5.74) is 2.18. The van der Waals surface area contributed by atoms with Gasteiger partial charge in [0.15, 0.2) is 11.5 Å². The second kappa shape index (κ2) is 6.94. The van der Waals surface area contributed by atoms with Crippen LogP contribution in [0.25, 0.3) is 0 Å². The Morgan fingerprint density at radius 2 is 2.00 bits per heavy atom. The summed E-state index contributed by atoms with van der Waals surface area (Å²) in [7, 11) is 0. The first kappa shape index (κ1) is 16.8. The lowest BCUT2D eigenvalue weighted by Crippen LogP contribution is -2.32. The highest BCUT2D eigenvalue weighted by Gasteiger charge is 2.32. The summed E-state index contributed by atoms with van der Waals surface area (Å²) >= 11 is 0. The van der Waals surface area contributed by atoms with E-state index in [2.05, 4.69) is 10.3 Å². The van der Waals surface area contributed by atoms with E-state index in [4.69, 9.17) is 0 Å². The number of para-hydroxylation sites is 1. The van der Waals surface area contributed by atoms with E-state index in [0.717, 1.165) is 50.0 Å². The first-order valence-electron chi connectivity index (χ1n) is 9.46. The molecule has 1 aliphatic heterocycles. The second-order valence-corrected chi connectivity index (χ2v) is 6.97. The molecule has 2 amide bonds. The van der Waals surface area contributed by atoms with Gasteiger partial charge in [0.1, 0.15) is 0 Å². The third-order valence-electron chi connectivity index (χ3n) is 5.07. The van der Waals surface area contributed by atoms with Gasteiger partial charge < -0.3 is 14.8 Å². The Labute approximate surface area is 153 Å². The number of hydrogen-bond donors (Lipinski definition) is 1. The van der Waals surface area contributed by atoms with Crippen molar-refractivity contribution >= 4 is 17.5 Å². The molecule has 1 aliphatic carbocycles. The van der Waals surface area contributed by atoms with Crippen LogP contribution in [0.15, 0.2) is 30.3 Å². The van der Waals surface area contributed by atoms with Crippen LogP contribution < -0.4 is 10.2 Å². The molecule has 1 N–H and O–H groups in total. The molecule has 1 fully saturated rings. The lowest BCUT2D eigenvalue weighted by molar-refractivity contribution is 0.0935. The standard InChI is InChI=1S/C20H24N4O2/c1-2-23(15-8-4-3-5-9-15)20(26)17-16-10-6-7-13-24(16)18(22-17)19(25)21-14-11-12-14/h3-5,8-9,14H,2,6-7,10-13H2,1H3,(H,21,25). The normalized spacial score (nSPS) is 16.0. The molecule has 2 aliphatic rings. The van der Waals surface area contributed by atoms with E-state index in [0.29, 0.717) is 18.1 Å². The van der Waals surface area contributed by atoms with Crippen LogP contribution in [0.1, 0.15) is 59.4 Å². The van der Waals surface area contributed by atoms with Gasteiger partial charge in [0.05, 0.1) is 5.69 Å². The Morgan fingerprint density at radius 1 is 1.23 bits per heavy atom. The topological polar surface area (TPSA) is 67.2 Å². The van der Waals surface area contributed by atoms with E-state index in [9.17, 15) is 9.59 Å². The van der Waals surface area contributed by atoms with Crippen LogP contribution in [0.4, 0.5) is 5.69 Å². The van der Waals surface area contributed by atoms with Crippen LogP contribution >= 0.6 is 0 Å². The van der Waals surface area contributed by atoms with Gasteiger partial charge in [-0.25, -0.2) is 4.98 Å². The molecule has 1 aromatic carbocycles. The molecule has 0 bridgehead atoms. The molecule has 26 heavy (non-hydrogen) atoms. The Morgan fingerprint density at radius 3 is 2.69 bits per heavy atom. The van der Waals surface area contributed by atoms with E-state index in [1.54, 1.807) is 4.90 Å². The zero-order chi connectivity index (χ0) is 18.1. The summed E-state index contributed by atoms with van der Waals surface area (Å²) in [5, 5.41) is 3.00. The molecule has 0 atom stereocenters. The second-order valence-electron chi connectivity index (χ2n) is 6.97. The van der Waals surface area contributed by atoms with Crippen molar-refractivity contribution in [3.8, 4) is 0 Å². The van der Waals surface area contributed by atoms with Crippen LogP contribution in [0.2, 0.25) is 0 Å². The van der Waals surface area contributed by atoms with Crippen molar-refractivity contribution in [2.24, 2.45) is 0 Å². The molecule has 1 saturated carbocycles. The molecule has 0 radical (unpaired) electrons. The number of carbonyl (C=O) groups excluding carboxylic acids is 2. The first-order valence-corrected chi connectivity index (χ1v) is 9.46. The summed E-state index contributed by atoms with van der Waals surface area (Å²) in [5.74, 6) is 0.103. The Bertz CT molecular complexity index is 824. The molecule has 4 rings (SSSR count). The molecule has 0 unspecified atom stereocenters. The number of aromatic nitrogens is 2. The van der Waals surface area contributed by atoms with Crippen LogP contribution in [0.5, 0.6) is 0 Å². The Balaban J connectivity index is 1.69. The molecule has 2 aromatic rings. The Kier molecular flexibility index (Phi) is 4.49. The SMILES string of the molecule is CCN(C(=O)c1nc(C(=O)NC2CC2)n2c1CCCC2)c1ccccc1. The summed E-state index contributed by atoms with van der Waals surface area (Å²) in [6.45, 7) is 3.26. The maximum Gasteiger partial charge on any atom is 0.287 e. The lowest BCUT2D eigenvalue weighted by Gasteiger charge is -2.22. The van der Waals surface area contributed by atoms with Crippen LogP contribution in [-0.2, 0) is 13.0 Å². The molecular formula is C20H24N4O2. The van der Waals surface area contributed by atoms with Crippen molar-refractivity contribution in [1.82, 2.24) is 14.9 Å². The molecule has 1 aromatic heterocycles. The molecule has 2 heterocycles. The zero-order valence-corrected chi connectivity index (χ0v) is 15.1. The number of nitrogens with zero attached hydrogens (tertiary/aromatic N) is 3. The van der Waals surface area contributed by atoms with Crippen LogP contribution in [0, 0.1) is 0 Å². The predicted molar refractivity (Wildman–Crippen MR) is 99.4 cm³/mol. The minimum Gasteiger partial charge on any atom is -0.347 e. The maximum atomic E-state index is 13.2. The molecule has 6 heteroatoms. The van der Waals surface area contributed by atoms with Gasteiger partial charge >= 0.3 is 0 Å². The first-order chi connectivity index (χ1) is 12.7. The van der Waals surface area contributed by atoms with Crippen molar-refractivity contribution in [2.45, 2.75) is 51.6 Å². The van der Waals surface area contributed by atoms with Gasteiger partial charge in [0.25, 0.3) is 11.8 Å². The minimum atomic E-state index is -0.155. The highest BCUT2D eigenvalue weighted by molar-refractivity contribution is 6.06. The summed E-state index contributed by atoms with van der Waals surface area (Å²) in [4.78, 5) is 32.1. The van der Waals surface area contributed by atoms with Gasteiger partial charge in [-0.3, -0.25) is 9.59 Å². The lowest BCUT2D eigenvalue weighted by atomic mass is 10.1. The van der Waals surface area contributed by atoms with Gasteiger partial charge in [0, 0.05) is 24.8 Å². The van der Waals surface area contributed by atoms with Gasteiger partial charge in [-0.15, -0.1) is 0 Å². The van der Waals surface area contributed by atoms with Gasteiger partial charge in [-0.2, -0.15) is 0 Å². The van der Waals surface area contributed by atoms with Crippen molar-refractivity contribution < 1.29 is 9.59 Å². The highest BCUT2D eigenvalue weighted by Crippen LogP contribution is 2.25. The maximum absolute atomic E-state index is 13.2. The number of anilines is 1. The van der Waals surface area contributed by atoms with Crippen LogP contribution in [-0.4, -0.2) is 34.0 Å². The van der Waals surface area contributed by atoms with Crippen LogP contribution in [0.3, 0.4) is 0 Å². The molecule has 6 nitrogen and oxygen atoms in total. The van der Waals surface area contributed by atoms with Crippen molar-refractivity contribution in [2.75, 3.05) is 11.4 Å². The van der Waals surface area contributed by atoms with Gasteiger partial charge in [-0.1, -0.05) is 18.2 Å². The van der Waals surface area contributed by atoms with E-state index in [-0.39, 0.29) is 17.9 Å². The van der Waals surface area contributed by atoms with E-state index < -0.39 is 0 Å². The number of imidazole rings is 1. The van der Waals surface area contributed by atoms with E-state index in [1.165, 1.54) is 0 Å². The Hall–Kier alpha value is -2.63. The fourth-order valence-corrected chi connectivity index (χ4v) is 3.54. The van der Waals surface area contributed by atoms with Crippen molar-refractivity contribution in [1.29, 1.82) is 0 Å². The van der Waals surface area contributed by atoms with E-state index in [1.807, 2.05) is 41.8 Å². The number of fused-ring (bicyclic) bond motifs is 1. The number of hydrogen-bond acceptors (Lipinski definition) is 3. The van der Waals surface area contributed by atoms with Gasteiger partial charge in [-0.05, 0) is 51.2 Å². The molecule has 0 saturated heterocycles. The number of carbonyl (C=O) groups is 2. The van der Waals surface area contributed by atoms with E-state index >= 15 is 0 Å².